The standard InChI is InChI=1S/C65H41NO/c1-3-20-43(21-4-1)46-31-18-33-53-62-60(41-40-47(64(62)67-63(46)53)44-22-5-2-6-23-44)66(58-38-16-12-29-51(58)48-32-17-25-42-24-7-8-26-45(42)48)59-39-19-37-57-61(59)52-30-11-15-36-56(52)65(57)54-34-13-9-27-49(54)50-28-10-14-35-55(50)65/h1-41H. The molecule has 1 spiro atoms. The van der Waals surface area contributed by atoms with Crippen LogP contribution in [0.15, 0.2) is 253 Å². The largest absolute Gasteiger partial charge is 0.455 e. The van der Waals surface area contributed by atoms with Gasteiger partial charge in [0.2, 0.25) is 0 Å². The third kappa shape index (κ3) is 5.33. The Morgan fingerprint density at radius 3 is 1.49 bits per heavy atom. The van der Waals surface area contributed by atoms with Crippen LogP contribution in [0.5, 0.6) is 0 Å². The summed E-state index contributed by atoms with van der Waals surface area (Å²) in [4.78, 5) is 2.56. The van der Waals surface area contributed by atoms with Crippen LogP contribution >= 0.6 is 0 Å². The van der Waals surface area contributed by atoms with E-state index in [-0.39, 0.29) is 0 Å². The number of hydrogen-bond donors (Lipinski definition) is 0. The molecule has 2 heteroatoms. The zero-order valence-corrected chi connectivity index (χ0v) is 36.5. The average molecular weight is 852 g/mol. The fourth-order valence-corrected chi connectivity index (χ4v) is 11.8. The molecule has 1 heterocycles. The monoisotopic (exact) mass is 851 g/mol. The van der Waals surface area contributed by atoms with E-state index < -0.39 is 5.41 Å². The highest BCUT2D eigenvalue weighted by atomic mass is 16.3. The van der Waals surface area contributed by atoms with E-state index >= 15 is 0 Å². The van der Waals surface area contributed by atoms with Gasteiger partial charge in [0.15, 0.2) is 0 Å². The molecule has 67 heavy (non-hydrogen) atoms. The normalized spacial score (nSPS) is 12.9. The minimum atomic E-state index is -0.505. The summed E-state index contributed by atoms with van der Waals surface area (Å²) in [7, 11) is 0. The Kier molecular flexibility index (Phi) is 8.23. The zero-order valence-electron chi connectivity index (χ0n) is 36.5. The summed E-state index contributed by atoms with van der Waals surface area (Å²) in [5, 5.41) is 4.56. The van der Waals surface area contributed by atoms with Crippen LogP contribution in [0.25, 0.3) is 88.3 Å². The van der Waals surface area contributed by atoms with E-state index in [9.17, 15) is 0 Å². The van der Waals surface area contributed by atoms with E-state index in [1.165, 1.54) is 60.8 Å². The van der Waals surface area contributed by atoms with Crippen LogP contribution in [0.4, 0.5) is 17.1 Å². The van der Waals surface area contributed by atoms with Crippen molar-refractivity contribution in [1.82, 2.24) is 0 Å². The first-order valence-corrected chi connectivity index (χ1v) is 23.2. The highest BCUT2D eigenvalue weighted by molar-refractivity contribution is 6.20. The molecule has 1 aromatic heterocycles. The molecule has 2 aliphatic carbocycles. The van der Waals surface area contributed by atoms with E-state index in [2.05, 4.69) is 254 Å². The zero-order chi connectivity index (χ0) is 44.1. The Bertz CT molecular complexity index is 3890. The number of furan rings is 1. The summed E-state index contributed by atoms with van der Waals surface area (Å²) in [5.74, 6) is 0. The Morgan fingerprint density at radius 2 is 0.761 bits per heavy atom. The predicted molar refractivity (Wildman–Crippen MR) is 279 cm³/mol. The molecular formula is C65H41NO. The summed E-state index contributed by atoms with van der Waals surface area (Å²) in [6.45, 7) is 0. The molecule has 0 bridgehead atoms. The van der Waals surface area contributed by atoms with E-state index in [1.807, 2.05) is 0 Å². The molecule has 0 unspecified atom stereocenters. The highest BCUT2D eigenvalue weighted by Gasteiger charge is 2.52. The summed E-state index contributed by atoms with van der Waals surface area (Å²) in [6, 6.07) is 91.2. The van der Waals surface area contributed by atoms with E-state index in [1.54, 1.807) is 0 Å². The smallest absolute Gasteiger partial charge is 0.145 e. The van der Waals surface area contributed by atoms with Crippen LogP contribution < -0.4 is 4.90 Å². The van der Waals surface area contributed by atoms with Crippen molar-refractivity contribution in [3.63, 3.8) is 0 Å². The van der Waals surface area contributed by atoms with E-state index in [0.29, 0.717) is 0 Å². The topological polar surface area (TPSA) is 16.4 Å². The number of anilines is 3. The van der Waals surface area contributed by atoms with Crippen molar-refractivity contribution in [2.75, 3.05) is 4.90 Å². The lowest BCUT2D eigenvalue weighted by atomic mass is 9.70. The van der Waals surface area contributed by atoms with Gasteiger partial charge in [0.05, 0.1) is 27.9 Å². The lowest BCUT2D eigenvalue weighted by Gasteiger charge is -2.33. The van der Waals surface area contributed by atoms with Gasteiger partial charge in [-0.15, -0.1) is 0 Å². The molecule has 12 aromatic rings. The van der Waals surface area contributed by atoms with E-state index in [4.69, 9.17) is 4.42 Å². The van der Waals surface area contributed by atoms with Gasteiger partial charge in [-0.3, -0.25) is 0 Å². The van der Waals surface area contributed by atoms with Crippen molar-refractivity contribution in [2.24, 2.45) is 0 Å². The second kappa shape index (κ2) is 14.7. The summed E-state index contributed by atoms with van der Waals surface area (Å²) in [5.41, 5.74) is 21.5. The van der Waals surface area contributed by atoms with Crippen molar-refractivity contribution in [3.05, 3.63) is 271 Å². The molecule has 0 fully saturated rings. The maximum atomic E-state index is 7.34. The third-order valence-electron chi connectivity index (χ3n) is 14.5. The minimum Gasteiger partial charge on any atom is -0.455 e. The molecule has 0 radical (unpaired) electrons. The van der Waals surface area contributed by atoms with Gasteiger partial charge >= 0.3 is 0 Å². The molecule has 11 aromatic carbocycles. The second-order valence-corrected chi connectivity index (χ2v) is 17.8. The Balaban J connectivity index is 1.14. The number of fused-ring (bicyclic) bond motifs is 14. The summed E-state index contributed by atoms with van der Waals surface area (Å²) >= 11 is 0. The van der Waals surface area contributed by atoms with Gasteiger partial charge in [0.1, 0.15) is 11.2 Å². The van der Waals surface area contributed by atoms with Crippen molar-refractivity contribution in [3.8, 4) is 55.6 Å². The van der Waals surface area contributed by atoms with Crippen molar-refractivity contribution < 1.29 is 4.42 Å². The van der Waals surface area contributed by atoms with Gasteiger partial charge in [-0.05, 0) is 90.7 Å². The van der Waals surface area contributed by atoms with Gasteiger partial charge in [-0.2, -0.15) is 0 Å². The molecule has 0 amide bonds. The van der Waals surface area contributed by atoms with Crippen LogP contribution in [0.2, 0.25) is 0 Å². The molecule has 2 nitrogen and oxygen atoms in total. The first kappa shape index (κ1) is 37.6. The first-order chi connectivity index (χ1) is 33.3. The SMILES string of the molecule is c1ccc(-c2cccc3c2oc2c(-c4ccccc4)ccc(N(c4ccccc4-c4cccc5ccccc45)c4cccc5c4-c4ccccc4C54c5ccccc5-c5ccccc54)c23)cc1. The quantitative estimate of drug-likeness (QED) is 0.166. The molecule has 0 aliphatic heterocycles. The van der Waals surface area contributed by atoms with Gasteiger partial charge < -0.3 is 9.32 Å². The fraction of sp³-hybridized carbons (Fsp3) is 0.0154. The predicted octanol–water partition coefficient (Wildman–Crippen LogP) is 17.6. The van der Waals surface area contributed by atoms with Crippen LogP contribution in [0.1, 0.15) is 22.3 Å². The molecule has 312 valence electrons. The molecule has 0 saturated carbocycles. The summed E-state index contributed by atoms with van der Waals surface area (Å²) in [6.07, 6.45) is 0. The molecule has 0 atom stereocenters. The molecule has 0 saturated heterocycles. The Morgan fingerprint density at radius 1 is 0.284 bits per heavy atom. The van der Waals surface area contributed by atoms with Gasteiger partial charge in [0.25, 0.3) is 0 Å². The number of rotatable bonds is 6. The maximum absolute atomic E-state index is 7.34. The van der Waals surface area contributed by atoms with Crippen LogP contribution in [-0.2, 0) is 5.41 Å². The lowest BCUT2D eigenvalue weighted by molar-refractivity contribution is 0.671. The van der Waals surface area contributed by atoms with Gasteiger partial charge in [0, 0.05) is 27.6 Å². The van der Waals surface area contributed by atoms with Crippen molar-refractivity contribution in [1.29, 1.82) is 0 Å². The average Bonchev–Trinajstić information content (AvgIpc) is 4.05. The number of hydrogen-bond acceptors (Lipinski definition) is 2. The van der Waals surface area contributed by atoms with Crippen LogP contribution in [0, 0.1) is 0 Å². The van der Waals surface area contributed by atoms with E-state index in [0.717, 1.165) is 66.8 Å². The number of para-hydroxylation sites is 2. The first-order valence-electron chi connectivity index (χ1n) is 23.2. The minimum absolute atomic E-state index is 0.505. The van der Waals surface area contributed by atoms with Crippen molar-refractivity contribution >= 4 is 49.8 Å². The molecule has 2 aliphatic rings. The van der Waals surface area contributed by atoms with Crippen molar-refractivity contribution in [2.45, 2.75) is 5.41 Å². The maximum Gasteiger partial charge on any atom is 0.145 e. The molecule has 0 N–H and O–H groups in total. The van der Waals surface area contributed by atoms with Crippen LogP contribution in [0.3, 0.4) is 0 Å². The third-order valence-corrected chi connectivity index (χ3v) is 14.5. The number of nitrogens with zero attached hydrogens (tertiary/aromatic N) is 1. The summed E-state index contributed by atoms with van der Waals surface area (Å²) < 4.78 is 7.34. The van der Waals surface area contributed by atoms with Gasteiger partial charge in [-0.1, -0.05) is 224 Å². The highest BCUT2D eigenvalue weighted by Crippen LogP contribution is 2.65. The Hall–Kier alpha value is -8.72. The van der Waals surface area contributed by atoms with Gasteiger partial charge in [-0.25, -0.2) is 0 Å². The fourth-order valence-electron chi connectivity index (χ4n) is 11.8. The Labute approximate surface area is 389 Å². The second-order valence-electron chi connectivity index (χ2n) is 17.8. The van der Waals surface area contributed by atoms with Crippen LogP contribution in [-0.4, -0.2) is 0 Å². The molecule has 14 rings (SSSR count). The lowest BCUT2D eigenvalue weighted by Crippen LogP contribution is -2.26. The molecular weight excluding hydrogens is 811 g/mol. The number of benzene rings is 11.